The molecule has 1 aliphatic rings. The zero-order valence-corrected chi connectivity index (χ0v) is 11.7. The molecular formula is C14H18N4O3. The van der Waals surface area contributed by atoms with Crippen molar-refractivity contribution in [1.82, 2.24) is 14.3 Å². The molecule has 0 unspecified atom stereocenters. The van der Waals surface area contributed by atoms with E-state index in [2.05, 4.69) is 15.2 Å². The second-order valence-electron chi connectivity index (χ2n) is 4.92. The maximum atomic E-state index is 11.4. The number of aromatic carboxylic acids is 1. The van der Waals surface area contributed by atoms with Crippen molar-refractivity contribution < 1.29 is 14.6 Å². The fraction of sp³-hybridized carbons (Fsp3) is 0.429. The van der Waals surface area contributed by atoms with Gasteiger partial charge in [0.2, 0.25) is 0 Å². The van der Waals surface area contributed by atoms with Gasteiger partial charge in [0.1, 0.15) is 5.65 Å². The van der Waals surface area contributed by atoms with Gasteiger partial charge in [0.05, 0.1) is 13.2 Å². The minimum absolute atomic E-state index is 0.174. The molecule has 3 heterocycles. The molecule has 0 aliphatic carbocycles. The van der Waals surface area contributed by atoms with Crippen LogP contribution in [0, 0.1) is 0 Å². The molecule has 21 heavy (non-hydrogen) atoms. The molecule has 1 fully saturated rings. The molecule has 0 aromatic carbocycles. The fourth-order valence-corrected chi connectivity index (χ4v) is 2.48. The summed E-state index contributed by atoms with van der Waals surface area (Å²) >= 11 is 0. The summed E-state index contributed by atoms with van der Waals surface area (Å²) in [6.45, 7) is 4.85. The van der Waals surface area contributed by atoms with Gasteiger partial charge in [-0.15, -0.1) is 0 Å². The lowest BCUT2D eigenvalue weighted by atomic mass is 10.4. The number of morpholine rings is 1. The number of rotatable bonds is 5. The number of pyridine rings is 1. The lowest BCUT2D eigenvalue weighted by Gasteiger charge is -2.26. The number of anilines is 1. The van der Waals surface area contributed by atoms with Gasteiger partial charge in [-0.25, -0.2) is 9.78 Å². The summed E-state index contributed by atoms with van der Waals surface area (Å²) in [5.74, 6) is -0.565. The largest absolute Gasteiger partial charge is 0.476 e. The van der Waals surface area contributed by atoms with E-state index in [4.69, 9.17) is 4.74 Å². The van der Waals surface area contributed by atoms with E-state index in [0.29, 0.717) is 18.0 Å². The lowest BCUT2D eigenvalue weighted by molar-refractivity contribution is 0.0398. The normalized spacial score (nSPS) is 16.2. The van der Waals surface area contributed by atoms with Gasteiger partial charge in [-0.3, -0.25) is 9.30 Å². The Morgan fingerprint density at radius 3 is 2.95 bits per heavy atom. The van der Waals surface area contributed by atoms with Crippen molar-refractivity contribution in [3.63, 3.8) is 0 Å². The molecule has 0 spiro atoms. The third-order valence-corrected chi connectivity index (χ3v) is 3.56. The first-order valence-corrected chi connectivity index (χ1v) is 7.00. The van der Waals surface area contributed by atoms with Crippen LogP contribution in [0.3, 0.4) is 0 Å². The molecule has 2 N–H and O–H groups in total. The topological polar surface area (TPSA) is 79.1 Å². The molecule has 2 aromatic heterocycles. The molecule has 0 bridgehead atoms. The minimum Gasteiger partial charge on any atom is -0.476 e. The van der Waals surface area contributed by atoms with Crippen molar-refractivity contribution in [2.75, 3.05) is 44.7 Å². The van der Waals surface area contributed by atoms with Crippen LogP contribution < -0.4 is 5.32 Å². The Morgan fingerprint density at radius 1 is 1.38 bits per heavy atom. The van der Waals surface area contributed by atoms with E-state index in [1.54, 1.807) is 22.7 Å². The molecule has 0 amide bonds. The van der Waals surface area contributed by atoms with Crippen molar-refractivity contribution in [3.8, 4) is 0 Å². The van der Waals surface area contributed by atoms with Crippen LogP contribution in [0.25, 0.3) is 5.65 Å². The molecule has 7 nitrogen and oxygen atoms in total. The third-order valence-electron chi connectivity index (χ3n) is 3.56. The van der Waals surface area contributed by atoms with E-state index < -0.39 is 5.97 Å². The van der Waals surface area contributed by atoms with Gasteiger partial charge in [0, 0.05) is 32.4 Å². The van der Waals surface area contributed by atoms with Gasteiger partial charge < -0.3 is 15.2 Å². The summed E-state index contributed by atoms with van der Waals surface area (Å²) in [7, 11) is 0. The molecule has 3 rings (SSSR count). The molecular weight excluding hydrogens is 272 g/mol. The Kier molecular flexibility index (Phi) is 4.03. The number of imidazole rings is 1. The van der Waals surface area contributed by atoms with E-state index in [1.807, 2.05) is 6.07 Å². The van der Waals surface area contributed by atoms with E-state index in [0.717, 1.165) is 32.8 Å². The van der Waals surface area contributed by atoms with Gasteiger partial charge in [0.25, 0.3) is 0 Å². The van der Waals surface area contributed by atoms with Crippen LogP contribution in [-0.2, 0) is 4.74 Å². The summed E-state index contributed by atoms with van der Waals surface area (Å²) in [5.41, 5.74) is 0.802. The van der Waals surface area contributed by atoms with Crippen LogP contribution in [-0.4, -0.2) is 64.8 Å². The van der Waals surface area contributed by atoms with Gasteiger partial charge in [-0.05, 0) is 12.1 Å². The first-order chi connectivity index (χ1) is 10.3. The van der Waals surface area contributed by atoms with Gasteiger partial charge in [-0.2, -0.15) is 0 Å². The highest BCUT2D eigenvalue weighted by Crippen LogP contribution is 2.17. The Hall–Kier alpha value is -2.12. The van der Waals surface area contributed by atoms with E-state index in [1.165, 1.54) is 0 Å². The fourth-order valence-electron chi connectivity index (χ4n) is 2.48. The van der Waals surface area contributed by atoms with Crippen LogP contribution in [0.15, 0.2) is 24.4 Å². The van der Waals surface area contributed by atoms with Crippen LogP contribution in [0.5, 0.6) is 0 Å². The highest BCUT2D eigenvalue weighted by Gasteiger charge is 2.18. The smallest absolute Gasteiger partial charge is 0.356 e. The SMILES string of the molecule is O=C(O)c1c(NCCN2CCOCC2)nc2ccccn12. The van der Waals surface area contributed by atoms with Crippen molar-refractivity contribution in [1.29, 1.82) is 0 Å². The van der Waals surface area contributed by atoms with Crippen LogP contribution in [0.1, 0.15) is 10.5 Å². The average Bonchev–Trinajstić information content (AvgIpc) is 2.86. The number of nitrogens with one attached hydrogen (secondary N) is 1. The number of carboxylic acids is 1. The number of ether oxygens (including phenoxy) is 1. The van der Waals surface area contributed by atoms with Gasteiger partial charge in [-0.1, -0.05) is 6.07 Å². The monoisotopic (exact) mass is 290 g/mol. The second-order valence-corrected chi connectivity index (χ2v) is 4.92. The standard InChI is InChI=1S/C14H18N4O3/c19-14(20)12-13(16-11-3-1-2-5-18(11)12)15-4-6-17-7-9-21-10-8-17/h1-3,5,15H,4,6-10H2,(H,19,20). The summed E-state index contributed by atoms with van der Waals surface area (Å²) in [4.78, 5) is 18.1. The van der Waals surface area contributed by atoms with E-state index in [9.17, 15) is 9.90 Å². The first kappa shape index (κ1) is 13.8. The van der Waals surface area contributed by atoms with Crippen LogP contribution in [0.4, 0.5) is 5.82 Å². The predicted molar refractivity (Wildman–Crippen MR) is 77.9 cm³/mol. The number of aromatic nitrogens is 2. The number of hydrogen-bond acceptors (Lipinski definition) is 5. The zero-order valence-electron chi connectivity index (χ0n) is 11.7. The first-order valence-electron chi connectivity index (χ1n) is 7.00. The van der Waals surface area contributed by atoms with Gasteiger partial charge in [0.15, 0.2) is 11.5 Å². The van der Waals surface area contributed by atoms with Crippen molar-refractivity contribution >= 4 is 17.4 Å². The maximum absolute atomic E-state index is 11.4. The summed E-state index contributed by atoms with van der Waals surface area (Å²) in [6, 6.07) is 5.42. The Labute approximate surface area is 122 Å². The highest BCUT2D eigenvalue weighted by atomic mass is 16.5. The Balaban J connectivity index is 1.71. The molecule has 2 aromatic rings. The van der Waals surface area contributed by atoms with Gasteiger partial charge >= 0.3 is 5.97 Å². The number of carboxylic acid groups (broad SMARTS) is 1. The van der Waals surface area contributed by atoms with E-state index in [-0.39, 0.29) is 5.69 Å². The molecule has 0 atom stereocenters. The predicted octanol–water partition coefficient (Wildman–Crippen LogP) is 0.777. The van der Waals surface area contributed by atoms with Crippen molar-refractivity contribution in [2.24, 2.45) is 0 Å². The molecule has 0 radical (unpaired) electrons. The number of carbonyl (C=O) groups is 1. The molecule has 1 aliphatic heterocycles. The van der Waals surface area contributed by atoms with E-state index >= 15 is 0 Å². The molecule has 112 valence electrons. The summed E-state index contributed by atoms with van der Waals surface area (Å²) in [6.07, 6.45) is 1.71. The average molecular weight is 290 g/mol. The van der Waals surface area contributed by atoms with Crippen molar-refractivity contribution in [3.05, 3.63) is 30.1 Å². The second kappa shape index (κ2) is 6.11. The summed E-state index contributed by atoms with van der Waals surface area (Å²) in [5, 5.41) is 12.5. The lowest BCUT2D eigenvalue weighted by Crippen LogP contribution is -2.39. The maximum Gasteiger partial charge on any atom is 0.356 e. The number of fused-ring (bicyclic) bond motifs is 1. The quantitative estimate of drug-likeness (QED) is 0.847. The van der Waals surface area contributed by atoms with Crippen LogP contribution >= 0.6 is 0 Å². The highest BCUT2D eigenvalue weighted by molar-refractivity contribution is 5.92. The number of nitrogens with zero attached hydrogens (tertiary/aromatic N) is 3. The molecule has 7 heteroatoms. The summed E-state index contributed by atoms with van der Waals surface area (Å²) < 4.78 is 6.88. The van der Waals surface area contributed by atoms with Crippen LogP contribution in [0.2, 0.25) is 0 Å². The Bertz CT molecular complexity index is 634. The molecule has 1 saturated heterocycles. The minimum atomic E-state index is -0.984. The number of hydrogen-bond donors (Lipinski definition) is 2. The molecule has 0 saturated carbocycles. The zero-order chi connectivity index (χ0) is 14.7. The Morgan fingerprint density at radius 2 is 2.19 bits per heavy atom. The third kappa shape index (κ3) is 2.98. The van der Waals surface area contributed by atoms with Crippen molar-refractivity contribution in [2.45, 2.75) is 0 Å².